The summed E-state index contributed by atoms with van der Waals surface area (Å²) in [6.07, 6.45) is -28.0. The molecule has 6 aliphatic rings. The summed E-state index contributed by atoms with van der Waals surface area (Å²) >= 11 is 0. The second kappa shape index (κ2) is 22.0. The first kappa shape index (κ1) is 52.6. The van der Waals surface area contributed by atoms with Crippen molar-refractivity contribution < 1.29 is 109 Å². The summed E-state index contributed by atoms with van der Waals surface area (Å²) in [6.45, 7) is 5.10. The number of allylic oxidation sites excluding steroid dienone is 2. The molecule has 1 unspecified atom stereocenters. The van der Waals surface area contributed by atoms with E-state index in [1.165, 1.54) is 5.57 Å². The number of aliphatic hydroxyl groups excluding tert-OH is 13. The molecule has 0 aromatic heterocycles. The van der Waals surface area contributed by atoms with Gasteiger partial charge in [-0.2, -0.15) is 0 Å². The van der Waals surface area contributed by atoms with Gasteiger partial charge in [-0.25, -0.2) is 0 Å². The smallest absolute Gasteiger partial charge is 0.229 e. The molecule has 7 rings (SSSR count). The Balaban J connectivity index is 1.20. The average Bonchev–Trinajstić information content (AvgIpc) is 3.29. The van der Waals surface area contributed by atoms with Crippen molar-refractivity contribution in [3.05, 3.63) is 34.9 Å². The monoisotopic (exact) mass is 962 g/mol. The van der Waals surface area contributed by atoms with Crippen LogP contribution in [0.5, 0.6) is 11.5 Å². The number of ether oxygens (including phenoxy) is 9. The molecule has 13 N–H and O–H groups in total. The van der Waals surface area contributed by atoms with Gasteiger partial charge in [0, 0.05) is 17.4 Å². The summed E-state index contributed by atoms with van der Waals surface area (Å²) < 4.78 is 54.1. The lowest BCUT2D eigenvalue weighted by molar-refractivity contribution is -0.380. The van der Waals surface area contributed by atoms with Gasteiger partial charge >= 0.3 is 0 Å². The maximum Gasteiger partial charge on any atom is 0.229 e. The molecule has 4 fully saturated rings. The summed E-state index contributed by atoms with van der Waals surface area (Å²) in [7, 11) is 0. The van der Waals surface area contributed by atoms with Crippen LogP contribution >= 0.6 is 0 Å². The summed E-state index contributed by atoms with van der Waals surface area (Å²) in [5.41, 5.74) is 2.25. The van der Waals surface area contributed by atoms with Crippen LogP contribution < -0.4 is 9.47 Å². The van der Waals surface area contributed by atoms with Crippen LogP contribution in [0.15, 0.2) is 23.8 Å². The predicted octanol–water partition coefficient (Wildman–Crippen LogP) is -3.32. The number of hydrogen-bond donors (Lipinski definition) is 13. The highest BCUT2D eigenvalue weighted by atomic mass is 16.8. The van der Waals surface area contributed by atoms with E-state index in [-0.39, 0.29) is 11.8 Å². The van der Waals surface area contributed by atoms with Gasteiger partial charge in [-0.1, -0.05) is 31.4 Å². The number of aliphatic hydroxyl groups is 13. The van der Waals surface area contributed by atoms with Gasteiger partial charge in [0.1, 0.15) is 115 Å². The van der Waals surface area contributed by atoms with E-state index < -0.39 is 155 Å². The first-order valence-electron chi connectivity index (χ1n) is 23.2. The summed E-state index contributed by atoms with van der Waals surface area (Å²) in [6, 6.07) is 3.86. The topological polar surface area (TPSA) is 346 Å². The average molecular weight is 963 g/mol. The van der Waals surface area contributed by atoms with E-state index in [0.717, 1.165) is 43.2 Å². The van der Waals surface area contributed by atoms with Gasteiger partial charge in [0.2, 0.25) is 6.29 Å². The maximum absolute atomic E-state index is 12.0. The number of rotatable bonds is 16. The normalized spacial score (nSPS) is 44.2. The third-order valence-electron chi connectivity index (χ3n) is 14.0. The van der Waals surface area contributed by atoms with Crippen molar-refractivity contribution in [1.29, 1.82) is 0 Å². The van der Waals surface area contributed by atoms with Crippen LogP contribution in [0.25, 0.3) is 0 Å². The van der Waals surface area contributed by atoms with Crippen molar-refractivity contribution in [2.45, 2.75) is 201 Å². The summed E-state index contributed by atoms with van der Waals surface area (Å²) in [4.78, 5) is 0. The fourth-order valence-electron chi connectivity index (χ4n) is 10.0. The van der Waals surface area contributed by atoms with Gasteiger partial charge < -0.3 is 109 Å². The number of unbranched alkanes of at least 4 members (excludes halogenated alkanes) is 2. The van der Waals surface area contributed by atoms with Gasteiger partial charge in [0.05, 0.1) is 26.4 Å². The van der Waals surface area contributed by atoms with E-state index in [1.807, 2.05) is 12.1 Å². The van der Waals surface area contributed by atoms with Crippen LogP contribution in [0, 0.1) is 5.92 Å². The van der Waals surface area contributed by atoms with Crippen LogP contribution in [0.2, 0.25) is 0 Å². The van der Waals surface area contributed by atoms with Crippen LogP contribution in [-0.2, 0) is 39.6 Å². The second-order valence-electron chi connectivity index (χ2n) is 19.1. The van der Waals surface area contributed by atoms with E-state index in [9.17, 15) is 66.4 Å². The van der Waals surface area contributed by atoms with Crippen molar-refractivity contribution in [1.82, 2.24) is 0 Å². The highest BCUT2D eigenvalue weighted by Gasteiger charge is 2.55. The van der Waals surface area contributed by atoms with Crippen LogP contribution in [0.1, 0.15) is 76.8 Å². The molecule has 4 saturated heterocycles. The SMILES string of the molecule is CCCCCc1cc(O[C@@H]2OC(CO[C@@H]3O[C@H](CO)[C@@H](O)[C@H](O)[C@H]3O)[C@@H](O[C@@H]3O[C@H](CO)[C@@H](O)[C@H](O[C@@H]4O[C@H](CO)[C@@H](O)[C@H](O)[C@H]4O)[C@H]3O)[C@H](O)[C@H]2O)c2c(c1)OC(C)(C)[C@@H]1CCC(C)=C[C@@H]21. The molecule has 0 radical (unpaired) electrons. The van der Waals surface area contributed by atoms with E-state index >= 15 is 0 Å². The van der Waals surface area contributed by atoms with Crippen LogP contribution in [-0.4, -0.2) is 221 Å². The molecule has 5 heterocycles. The third-order valence-corrected chi connectivity index (χ3v) is 14.0. The van der Waals surface area contributed by atoms with Crippen molar-refractivity contribution >= 4 is 0 Å². The van der Waals surface area contributed by atoms with Gasteiger partial charge in [-0.05, 0) is 64.2 Å². The number of aryl methyl sites for hydroxylation is 1. The molecule has 0 bridgehead atoms. The zero-order valence-electron chi connectivity index (χ0n) is 38.0. The first-order valence-corrected chi connectivity index (χ1v) is 23.2. The fourth-order valence-corrected chi connectivity index (χ4v) is 10.0. The van der Waals surface area contributed by atoms with Crippen molar-refractivity contribution in [2.75, 3.05) is 26.4 Å². The Bertz CT molecular complexity index is 1800. The molecular weight excluding hydrogens is 892 g/mol. The molecule has 22 heteroatoms. The van der Waals surface area contributed by atoms with Crippen LogP contribution in [0.3, 0.4) is 0 Å². The Morgan fingerprint density at radius 1 is 0.612 bits per heavy atom. The highest BCUT2D eigenvalue weighted by Crippen LogP contribution is 2.54. The highest BCUT2D eigenvalue weighted by molar-refractivity contribution is 5.54. The summed E-state index contributed by atoms with van der Waals surface area (Å²) in [5, 5.41) is 139. The fraction of sp³-hybridized carbons (Fsp3) is 0.822. The minimum absolute atomic E-state index is 0.0499. The molecule has 1 aromatic carbocycles. The lowest BCUT2D eigenvalue weighted by Gasteiger charge is -2.49. The Hall–Kier alpha value is -2.24. The molecular formula is C45H70O22. The predicted molar refractivity (Wildman–Crippen MR) is 226 cm³/mol. The lowest BCUT2D eigenvalue weighted by Crippen LogP contribution is -2.67. The lowest BCUT2D eigenvalue weighted by atomic mass is 9.68. The zero-order valence-corrected chi connectivity index (χ0v) is 38.0. The van der Waals surface area contributed by atoms with E-state index in [2.05, 4.69) is 33.8 Å². The molecule has 67 heavy (non-hydrogen) atoms. The van der Waals surface area contributed by atoms with E-state index in [4.69, 9.17) is 42.6 Å². The molecule has 0 saturated carbocycles. The zero-order chi connectivity index (χ0) is 48.6. The Morgan fingerprint density at radius 2 is 1.16 bits per heavy atom. The van der Waals surface area contributed by atoms with Gasteiger partial charge in [0.25, 0.3) is 0 Å². The molecule has 382 valence electrons. The van der Waals surface area contributed by atoms with Crippen molar-refractivity contribution in [3.63, 3.8) is 0 Å². The largest absolute Gasteiger partial charge is 0.487 e. The molecule has 22 atom stereocenters. The Labute approximate surface area is 387 Å². The van der Waals surface area contributed by atoms with Crippen molar-refractivity contribution in [3.8, 4) is 11.5 Å². The van der Waals surface area contributed by atoms with Gasteiger partial charge in [0.15, 0.2) is 18.9 Å². The number of benzene rings is 1. The second-order valence-corrected chi connectivity index (χ2v) is 19.1. The minimum Gasteiger partial charge on any atom is -0.487 e. The van der Waals surface area contributed by atoms with E-state index in [0.29, 0.717) is 17.9 Å². The summed E-state index contributed by atoms with van der Waals surface area (Å²) in [5.74, 6) is 0.815. The van der Waals surface area contributed by atoms with Crippen molar-refractivity contribution in [2.24, 2.45) is 5.92 Å². The number of hydrogen-bond acceptors (Lipinski definition) is 22. The quantitative estimate of drug-likeness (QED) is 0.0570. The molecule has 1 aromatic rings. The van der Waals surface area contributed by atoms with Gasteiger partial charge in [-0.3, -0.25) is 0 Å². The molecule has 22 nitrogen and oxygen atoms in total. The molecule has 0 amide bonds. The molecule has 5 aliphatic heterocycles. The Kier molecular flexibility index (Phi) is 17.3. The van der Waals surface area contributed by atoms with Crippen LogP contribution in [0.4, 0.5) is 0 Å². The minimum atomic E-state index is -2.05. The number of fused-ring (bicyclic) bond motifs is 3. The molecule has 1 aliphatic carbocycles. The molecule has 0 spiro atoms. The van der Waals surface area contributed by atoms with E-state index in [1.54, 1.807) is 0 Å². The maximum atomic E-state index is 12.0. The van der Waals surface area contributed by atoms with Gasteiger partial charge in [-0.15, -0.1) is 0 Å². The Morgan fingerprint density at radius 3 is 1.79 bits per heavy atom. The standard InChI is InChI=1S/C45H70O22/c1-5-6-7-8-19-12-22(28-20-11-18(2)9-10-21(20)45(3,4)67-23(28)13-19)60-42-37(57)34(54)39(27(64-42)17-59-41-35(55)32(52)29(49)24(14-46)61-41)65-44-38(58)40(31(51)26(16-48)63-44)66-43-36(56)33(53)30(50)25(15-47)62-43/h11-13,20-21,24-27,29-44,46-58H,5-10,14-17H2,1-4H3/t20-,21-,24-,25-,26-,27?,29-,30-,31-,32+,33+,34-,35-,36-,37-,38-,39-,40+,41-,42-,43+,44+/m1/s1. The first-order chi connectivity index (χ1) is 31.8. The third kappa shape index (κ3) is 10.8.